The molecule has 0 rings (SSSR count). The second kappa shape index (κ2) is 35.7. The number of carbonyl (C=O) groups is 2. The van der Waals surface area contributed by atoms with E-state index in [-0.39, 0.29) is 32.7 Å². The summed E-state index contributed by atoms with van der Waals surface area (Å²) in [6.45, 7) is 8.90. The maximum Gasteiger partial charge on any atom is 0.303 e. The van der Waals surface area contributed by atoms with Crippen LogP contribution >= 0.6 is 0 Å². The van der Waals surface area contributed by atoms with Gasteiger partial charge in [0.25, 0.3) is 0 Å². The van der Waals surface area contributed by atoms with Gasteiger partial charge in [-0.15, -0.1) is 0 Å². The Balaban J connectivity index is -0.000000459. The SMILES string of the molecule is NCCNCCNCCNCCN.O=C(O)CCCCCCCC(=O)O.OCCN(CCO)CCO. The van der Waals surface area contributed by atoms with Crippen molar-refractivity contribution < 1.29 is 35.1 Å². The number of carboxylic acid groups (broad SMARTS) is 2. The van der Waals surface area contributed by atoms with Crippen LogP contribution in [0.2, 0.25) is 0 Å². The summed E-state index contributed by atoms with van der Waals surface area (Å²) in [5.41, 5.74) is 10.6. The van der Waals surface area contributed by atoms with Crippen LogP contribution in [0.5, 0.6) is 0 Å². The summed E-state index contributed by atoms with van der Waals surface area (Å²) >= 11 is 0. The van der Waals surface area contributed by atoms with E-state index >= 15 is 0 Å². The molecule has 0 aliphatic heterocycles. The smallest absolute Gasteiger partial charge is 0.303 e. The summed E-state index contributed by atoms with van der Waals surface area (Å²) < 4.78 is 0. The van der Waals surface area contributed by atoms with Gasteiger partial charge < -0.3 is 53.0 Å². The third-order valence-corrected chi connectivity index (χ3v) is 4.63. The Hall–Kier alpha value is -1.42. The zero-order valence-electron chi connectivity index (χ0n) is 22.0. The number of carboxylic acids is 2. The molecule has 13 heteroatoms. The van der Waals surface area contributed by atoms with Gasteiger partial charge in [0.15, 0.2) is 0 Å². The first kappa shape index (κ1) is 39.1. The van der Waals surface area contributed by atoms with Crippen molar-refractivity contribution in [1.29, 1.82) is 0 Å². The van der Waals surface area contributed by atoms with E-state index in [1.165, 1.54) is 0 Å². The average Bonchev–Trinajstić information content (AvgIpc) is 2.83. The standard InChI is InChI=1S/C9H16O4.C8H23N5.C6H15NO3/c10-8(11)6-4-2-1-3-5-7-9(12)13;9-1-3-11-5-7-13-8-6-12-4-2-10;8-4-1-7(2-5-9)3-6-10/h1-7H2,(H,10,11)(H,12,13);11-13H,1-10H2;8-10H,1-6H2. The molecule has 0 fully saturated rings. The Morgan fingerprint density at radius 1 is 0.556 bits per heavy atom. The lowest BCUT2D eigenvalue weighted by molar-refractivity contribution is -0.138. The average molecular weight is 527 g/mol. The van der Waals surface area contributed by atoms with Crippen LogP contribution in [-0.2, 0) is 9.59 Å². The van der Waals surface area contributed by atoms with E-state index in [0.717, 1.165) is 58.5 Å². The van der Waals surface area contributed by atoms with Gasteiger partial charge in [0.05, 0.1) is 19.8 Å². The van der Waals surface area contributed by atoms with Crippen LogP contribution in [0.1, 0.15) is 44.9 Å². The van der Waals surface area contributed by atoms with Gasteiger partial charge in [-0.25, -0.2) is 0 Å². The highest BCUT2D eigenvalue weighted by Crippen LogP contribution is 2.06. The summed E-state index contributed by atoms with van der Waals surface area (Å²) in [4.78, 5) is 22.0. The minimum absolute atomic E-state index is 0.0694. The number of rotatable bonds is 24. The van der Waals surface area contributed by atoms with Crippen molar-refractivity contribution in [3.8, 4) is 0 Å². The Kier molecular flexibility index (Phi) is 38.8. The minimum atomic E-state index is -0.759. The van der Waals surface area contributed by atoms with E-state index in [0.29, 0.717) is 45.6 Å². The molecule has 0 aliphatic carbocycles. The molecule has 0 saturated heterocycles. The third kappa shape index (κ3) is 42.7. The van der Waals surface area contributed by atoms with E-state index < -0.39 is 11.9 Å². The molecule has 36 heavy (non-hydrogen) atoms. The third-order valence-electron chi connectivity index (χ3n) is 4.63. The molecule has 0 unspecified atom stereocenters. The Bertz CT molecular complexity index is 409. The van der Waals surface area contributed by atoms with E-state index in [9.17, 15) is 9.59 Å². The lowest BCUT2D eigenvalue weighted by atomic mass is 10.1. The van der Waals surface area contributed by atoms with Crippen molar-refractivity contribution in [3.63, 3.8) is 0 Å². The Morgan fingerprint density at radius 3 is 1.14 bits per heavy atom. The summed E-state index contributed by atoms with van der Waals surface area (Å²) in [7, 11) is 0. The van der Waals surface area contributed by atoms with E-state index in [2.05, 4.69) is 16.0 Å². The monoisotopic (exact) mass is 526 g/mol. The fourth-order valence-electron chi connectivity index (χ4n) is 2.78. The first-order valence-electron chi connectivity index (χ1n) is 12.9. The van der Waals surface area contributed by atoms with Crippen molar-refractivity contribution in [1.82, 2.24) is 20.9 Å². The Labute approximate surface area is 216 Å². The zero-order valence-corrected chi connectivity index (χ0v) is 22.0. The maximum atomic E-state index is 10.1. The number of aliphatic carboxylic acids is 2. The van der Waals surface area contributed by atoms with Crippen molar-refractivity contribution in [2.75, 3.05) is 91.8 Å². The first-order chi connectivity index (χ1) is 17.4. The first-order valence-corrected chi connectivity index (χ1v) is 12.9. The van der Waals surface area contributed by atoms with Gasteiger partial charge in [-0.05, 0) is 12.8 Å². The Morgan fingerprint density at radius 2 is 0.861 bits per heavy atom. The van der Waals surface area contributed by atoms with Gasteiger partial charge in [-0.3, -0.25) is 14.5 Å². The van der Waals surface area contributed by atoms with E-state index in [1.807, 2.05) is 0 Å². The van der Waals surface area contributed by atoms with Crippen LogP contribution < -0.4 is 27.4 Å². The molecule has 0 spiro atoms. The molecule has 12 N–H and O–H groups in total. The molecule has 0 aromatic carbocycles. The predicted octanol–water partition coefficient (Wildman–Crippen LogP) is -2.18. The molecule has 13 nitrogen and oxygen atoms in total. The molecule has 0 heterocycles. The van der Waals surface area contributed by atoms with Crippen LogP contribution in [0.15, 0.2) is 0 Å². The van der Waals surface area contributed by atoms with Crippen molar-refractivity contribution in [2.45, 2.75) is 44.9 Å². The molecule has 0 atom stereocenters. The van der Waals surface area contributed by atoms with Gasteiger partial charge in [-0.2, -0.15) is 0 Å². The molecule has 0 aromatic heterocycles. The van der Waals surface area contributed by atoms with Crippen LogP contribution in [0.4, 0.5) is 0 Å². The van der Waals surface area contributed by atoms with Crippen LogP contribution in [0.3, 0.4) is 0 Å². The van der Waals surface area contributed by atoms with Crippen molar-refractivity contribution in [2.24, 2.45) is 11.5 Å². The second-order valence-electron chi connectivity index (χ2n) is 7.90. The van der Waals surface area contributed by atoms with Crippen molar-refractivity contribution >= 4 is 11.9 Å². The number of hydrogen-bond acceptors (Lipinski definition) is 11. The number of nitrogens with zero attached hydrogens (tertiary/aromatic N) is 1. The fraction of sp³-hybridized carbons (Fsp3) is 0.913. The van der Waals surface area contributed by atoms with Gasteiger partial charge in [0, 0.05) is 84.8 Å². The lowest BCUT2D eigenvalue weighted by Crippen LogP contribution is -2.35. The van der Waals surface area contributed by atoms with Gasteiger partial charge in [0.1, 0.15) is 0 Å². The molecule has 0 aromatic rings. The number of nitrogens with two attached hydrogens (primary N) is 2. The second-order valence-corrected chi connectivity index (χ2v) is 7.90. The fourth-order valence-corrected chi connectivity index (χ4v) is 2.78. The molecule has 218 valence electrons. The van der Waals surface area contributed by atoms with Gasteiger partial charge in [0.2, 0.25) is 0 Å². The molecule has 0 radical (unpaired) electrons. The molecular formula is C23H54N6O7. The molecule has 0 bridgehead atoms. The maximum absolute atomic E-state index is 10.1. The van der Waals surface area contributed by atoms with Gasteiger partial charge >= 0.3 is 11.9 Å². The van der Waals surface area contributed by atoms with Gasteiger partial charge in [-0.1, -0.05) is 19.3 Å². The van der Waals surface area contributed by atoms with E-state index in [1.54, 1.807) is 4.90 Å². The number of aliphatic hydroxyl groups excluding tert-OH is 3. The highest BCUT2D eigenvalue weighted by molar-refractivity contribution is 5.66. The summed E-state index contributed by atoms with van der Waals surface area (Å²) in [6, 6.07) is 0. The minimum Gasteiger partial charge on any atom is -0.481 e. The summed E-state index contributed by atoms with van der Waals surface area (Å²) in [5.74, 6) is -1.52. The number of aliphatic hydroxyl groups is 3. The zero-order chi connectivity index (χ0) is 27.7. The number of hydrogen-bond donors (Lipinski definition) is 10. The summed E-state index contributed by atoms with van der Waals surface area (Å²) in [6.07, 6.45) is 4.53. The summed E-state index contributed by atoms with van der Waals surface area (Å²) in [5, 5.41) is 51.8. The highest BCUT2D eigenvalue weighted by Gasteiger charge is 2.00. The quantitative estimate of drug-likeness (QED) is 0.0604. The molecule has 0 amide bonds. The predicted molar refractivity (Wildman–Crippen MR) is 142 cm³/mol. The van der Waals surface area contributed by atoms with Crippen molar-refractivity contribution in [3.05, 3.63) is 0 Å². The molecule has 0 saturated carbocycles. The van der Waals surface area contributed by atoms with Crippen LogP contribution in [0, 0.1) is 0 Å². The van der Waals surface area contributed by atoms with Crippen LogP contribution in [0.25, 0.3) is 0 Å². The largest absolute Gasteiger partial charge is 0.481 e. The number of unbranched alkanes of at least 4 members (excludes halogenated alkanes) is 4. The van der Waals surface area contributed by atoms with Crippen LogP contribution in [-0.4, -0.2) is 134 Å². The number of nitrogens with one attached hydrogen (secondary N) is 3. The van der Waals surface area contributed by atoms with E-state index in [4.69, 9.17) is 37.0 Å². The normalized spacial score (nSPS) is 10.4. The molecular weight excluding hydrogens is 472 g/mol. The topological polar surface area (TPSA) is 227 Å². The molecule has 0 aliphatic rings. The highest BCUT2D eigenvalue weighted by atomic mass is 16.4. The lowest BCUT2D eigenvalue weighted by Gasteiger charge is -2.17.